The Hall–Kier alpha value is -5.33. The molecule has 238 valence electrons. The Morgan fingerprint density at radius 3 is 1.96 bits per heavy atom. The summed E-state index contributed by atoms with van der Waals surface area (Å²) in [5.74, 6) is -1.39. The van der Waals surface area contributed by atoms with Gasteiger partial charge in [0.25, 0.3) is 0 Å². The summed E-state index contributed by atoms with van der Waals surface area (Å²) in [4.78, 5) is 48.7. The molecule has 0 saturated carbocycles. The lowest BCUT2D eigenvalue weighted by molar-refractivity contribution is -0.0604. The van der Waals surface area contributed by atoms with E-state index in [1.54, 1.807) is 108 Å². The van der Waals surface area contributed by atoms with Crippen molar-refractivity contribution in [1.82, 2.24) is 14.5 Å². The first-order valence-electron chi connectivity index (χ1n) is 14.7. The average molecular weight is 698 g/mol. The molecule has 3 heterocycles. The number of hydrogen-bond acceptors (Lipinski definition) is 10. The van der Waals surface area contributed by atoms with Crippen molar-refractivity contribution in [2.45, 2.75) is 24.5 Å². The third kappa shape index (κ3) is 6.93. The molecule has 0 bridgehead atoms. The van der Waals surface area contributed by atoms with Crippen molar-refractivity contribution in [2.75, 3.05) is 18.5 Å². The van der Waals surface area contributed by atoms with Crippen LogP contribution in [0.3, 0.4) is 0 Å². The number of nitrogens with one attached hydrogen (secondary N) is 1. The van der Waals surface area contributed by atoms with Gasteiger partial charge in [0.1, 0.15) is 30.5 Å². The fraction of sp³-hybridized carbons (Fsp3) is 0.171. The zero-order valence-electron chi connectivity index (χ0n) is 24.9. The molecule has 11 nitrogen and oxygen atoms in total. The molecule has 1 N–H and O–H groups in total. The smallest absolute Gasteiger partial charge is 0.338 e. The van der Waals surface area contributed by atoms with Gasteiger partial charge >= 0.3 is 17.9 Å². The maximum Gasteiger partial charge on any atom is 0.338 e. The van der Waals surface area contributed by atoms with Crippen molar-refractivity contribution in [3.05, 3.63) is 137 Å². The van der Waals surface area contributed by atoms with Crippen LogP contribution < -0.4 is 5.32 Å². The van der Waals surface area contributed by atoms with Crippen LogP contribution in [0.15, 0.2) is 121 Å². The van der Waals surface area contributed by atoms with Gasteiger partial charge in [-0.2, -0.15) is 0 Å². The van der Waals surface area contributed by atoms with Gasteiger partial charge in [-0.1, -0.05) is 60.7 Å². The van der Waals surface area contributed by atoms with Crippen LogP contribution in [0.25, 0.3) is 11.0 Å². The van der Waals surface area contributed by atoms with Crippen LogP contribution in [-0.4, -0.2) is 63.9 Å². The third-order valence-corrected chi connectivity index (χ3v) is 8.03. The van der Waals surface area contributed by atoms with E-state index in [4.69, 9.17) is 18.9 Å². The SMILES string of the molecule is C=CCNc1ncnc2c1c(Br)cn2C1O[C@H](COC(=O)c2ccccc2)[C@@H](OC(=O)c2ccccc2)[C@H]1OC(=O)c1ccccc1. The molecule has 4 atom stereocenters. The highest BCUT2D eigenvalue weighted by Gasteiger charge is 2.52. The Morgan fingerprint density at radius 1 is 0.830 bits per heavy atom. The third-order valence-electron chi connectivity index (χ3n) is 7.43. The minimum atomic E-state index is -1.20. The van der Waals surface area contributed by atoms with E-state index in [0.717, 1.165) is 0 Å². The second kappa shape index (κ2) is 14.4. The van der Waals surface area contributed by atoms with Crippen LogP contribution in [0.2, 0.25) is 0 Å². The predicted octanol–water partition coefficient (Wildman–Crippen LogP) is 6.00. The number of halogens is 1. The number of fused-ring (bicyclic) bond motifs is 1. The van der Waals surface area contributed by atoms with Crippen LogP contribution in [0.5, 0.6) is 0 Å². The number of nitrogens with zero attached hydrogens (tertiary/aromatic N) is 3. The Labute approximate surface area is 278 Å². The molecule has 47 heavy (non-hydrogen) atoms. The minimum Gasteiger partial charge on any atom is -0.459 e. The Balaban J connectivity index is 1.40. The van der Waals surface area contributed by atoms with E-state index in [2.05, 4.69) is 37.8 Å². The summed E-state index contributed by atoms with van der Waals surface area (Å²) in [6.07, 6.45) is 0.324. The summed E-state index contributed by atoms with van der Waals surface area (Å²) < 4.78 is 26.6. The summed E-state index contributed by atoms with van der Waals surface area (Å²) in [5, 5.41) is 3.83. The van der Waals surface area contributed by atoms with Crippen molar-refractivity contribution in [2.24, 2.45) is 0 Å². The van der Waals surface area contributed by atoms with Crippen LogP contribution in [-0.2, 0) is 18.9 Å². The van der Waals surface area contributed by atoms with Gasteiger partial charge in [-0.3, -0.25) is 0 Å². The van der Waals surface area contributed by atoms with E-state index in [9.17, 15) is 14.4 Å². The van der Waals surface area contributed by atoms with Gasteiger partial charge in [0.15, 0.2) is 18.4 Å². The largest absolute Gasteiger partial charge is 0.459 e. The zero-order chi connectivity index (χ0) is 32.8. The fourth-order valence-corrected chi connectivity index (χ4v) is 5.80. The lowest BCUT2D eigenvalue weighted by atomic mass is 10.1. The quantitative estimate of drug-likeness (QED) is 0.0997. The molecule has 1 fully saturated rings. The van der Waals surface area contributed by atoms with Gasteiger partial charge in [-0.15, -0.1) is 6.58 Å². The van der Waals surface area contributed by atoms with E-state index in [-0.39, 0.29) is 17.7 Å². The zero-order valence-corrected chi connectivity index (χ0v) is 26.5. The maximum atomic E-state index is 13.5. The van der Waals surface area contributed by atoms with Crippen LogP contribution >= 0.6 is 15.9 Å². The summed E-state index contributed by atoms with van der Waals surface area (Å²) in [6, 6.07) is 25.3. The number of aromatic nitrogens is 3. The average Bonchev–Trinajstić information content (AvgIpc) is 3.63. The fourth-order valence-electron chi connectivity index (χ4n) is 5.22. The highest BCUT2D eigenvalue weighted by Crippen LogP contribution is 2.40. The predicted molar refractivity (Wildman–Crippen MR) is 176 cm³/mol. The topological polar surface area (TPSA) is 131 Å². The van der Waals surface area contributed by atoms with Gasteiger partial charge in [0.2, 0.25) is 0 Å². The molecule has 1 unspecified atom stereocenters. The van der Waals surface area contributed by atoms with Crippen LogP contribution in [0.1, 0.15) is 37.3 Å². The monoisotopic (exact) mass is 696 g/mol. The number of carbonyl (C=O) groups excluding carboxylic acids is 3. The van der Waals surface area contributed by atoms with Crippen molar-refractivity contribution >= 4 is 50.7 Å². The second-order valence-corrected chi connectivity index (χ2v) is 11.3. The first-order chi connectivity index (χ1) is 22.9. The summed E-state index contributed by atoms with van der Waals surface area (Å²) in [6.45, 7) is 3.90. The lowest BCUT2D eigenvalue weighted by Crippen LogP contribution is -2.41. The molecule has 12 heteroatoms. The number of anilines is 1. The summed E-state index contributed by atoms with van der Waals surface area (Å²) in [5.41, 5.74) is 1.35. The molecule has 1 aliphatic rings. The molecule has 0 radical (unpaired) electrons. The second-order valence-electron chi connectivity index (χ2n) is 10.5. The standard InChI is InChI=1S/C35H29BrN4O7/c1-2-18-37-30-27-25(36)19-40(31(27)39-21-38-30)32-29(47-35(43)24-16-10-5-11-17-24)28(46-34(42)23-14-8-4-9-15-23)26(45-32)20-44-33(41)22-12-6-3-7-13-22/h2-17,19,21,26,28-29,32H,1,18,20H2,(H,37,38,39)/t26-,28-,29-,32?/m1/s1. The van der Waals surface area contributed by atoms with Crippen molar-refractivity contribution in [1.29, 1.82) is 0 Å². The molecule has 1 saturated heterocycles. The van der Waals surface area contributed by atoms with E-state index in [1.165, 1.54) is 6.33 Å². The Kier molecular flexibility index (Phi) is 9.69. The maximum absolute atomic E-state index is 13.5. The molecule has 0 amide bonds. The number of rotatable bonds is 11. The number of benzene rings is 3. The first kappa shape index (κ1) is 31.6. The van der Waals surface area contributed by atoms with Crippen molar-refractivity contribution in [3.63, 3.8) is 0 Å². The van der Waals surface area contributed by atoms with Crippen molar-refractivity contribution < 1.29 is 33.3 Å². The molecule has 5 aromatic rings. The first-order valence-corrected chi connectivity index (χ1v) is 15.5. The molecule has 0 aliphatic carbocycles. The Morgan fingerprint density at radius 2 is 1.38 bits per heavy atom. The Bertz CT molecular complexity index is 1890. The minimum absolute atomic E-state index is 0.281. The van der Waals surface area contributed by atoms with Gasteiger partial charge < -0.3 is 28.8 Å². The molecule has 3 aromatic carbocycles. The number of carbonyl (C=O) groups is 3. The van der Waals surface area contributed by atoms with E-state index in [1.807, 2.05) is 0 Å². The molecule has 6 rings (SSSR count). The van der Waals surface area contributed by atoms with Gasteiger partial charge in [-0.05, 0) is 52.3 Å². The highest BCUT2D eigenvalue weighted by atomic mass is 79.9. The van der Waals surface area contributed by atoms with E-state index >= 15 is 0 Å². The summed E-state index contributed by atoms with van der Waals surface area (Å²) >= 11 is 3.61. The van der Waals surface area contributed by atoms with Crippen molar-refractivity contribution in [3.8, 4) is 0 Å². The van der Waals surface area contributed by atoms with E-state index < -0.39 is 42.4 Å². The van der Waals surface area contributed by atoms with Gasteiger partial charge in [0, 0.05) is 17.2 Å². The summed E-state index contributed by atoms with van der Waals surface area (Å²) in [7, 11) is 0. The van der Waals surface area contributed by atoms with Crippen LogP contribution in [0, 0.1) is 0 Å². The molecular weight excluding hydrogens is 668 g/mol. The van der Waals surface area contributed by atoms with Gasteiger partial charge in [-0.25, -0.2) is 24.4 Å². The lowest BCUT2D eigenvalue weighted by Gasteiger charge is -2.25. The number of hydrogen-bond donors (Lipinski definition) is 1. The normalized spacial score (nSPS) is 18.7. The van der Waals surface area contributed by atoms with Gasteiger partial charge in [0.05, 0.1) is 22.1 Å². The van der Waals surface area contributed by atoms with Crippen LogP contribution in [0.4, 0.5) is 5.82 Å². The number of ether oxygens (including phenoxy) is 4. The highest BCUT2D eigenvalue weighted by molar-refractivity contribution is 9.10. The molecular formula is C35H29BrN4O7. The molecule has 0 spiro atoms. The number of esters is 3. The molecule has 1 aliphatic heterocycles. The van der Waals surface area contributed by atoms with E-state index in [0.29, 0.717) is 33.4 Å². The molecule has 2 aromatic heterocycles.